The van der Waals surface area contributed by atoms with E-state index in [4.69, 9.17) is 23.7 Å². The number of carbonyl (C=O) groups is 2. The summed E-state index contributed by atoms with van der Waals surface area (Å²) in [4.78, 5) is 28.1. The Bertz CT molecular complexity index is 967. The van der Waals surface area contributed by atoms with Crippen LogP contribution < -0.4 is 19.5 Å². The average Bonchev–Trinajstić information content (AvgIpc) is 2.70. The number of carbonyl (C=O) groups excluding carboxylic acids is 2. The minimum Gasteiger partial charge on any atom is -0.487 e. The molecule has 9 heteroatoms. The SMILES string of the molecule is C=CC(=O)Oc1c(OCCOC)cccc1Oc1ncc(NC(=O)OC(C)(C)C)cc1C. The molecule has 0 spiro atoms. The molecule has 1 heterocycles. The Morgan fingerprint density at radius 3 is 2.53 bits per heavy atom. The van der Waals surface area contributed by atoms with Crippen LogP contribution >= 0.6 is 0 Å². The largest absolute Gasteiger partial charge is 0.487 e. The van der Waals surface area contributed by atoms with Crippen molar-refractivity contribution in [3.8, 4) is 23.1 Å². The van der Waals surface area contributed by atoms with E-state index in [2.05, 4.69) is 16.9 Å². The van der Waals surface area contributed by atoms with Crippen LogP contribution in [0, 0.1) is 6.92 Å². The Morgan fingerprint density at radius 2 is 1.91 bits per heavy atom. The number of ether oxygens (including phenoxy) is 5. The molecule has 172 valence electrons. The Kier molecular flexibility index (Phi) is 8.60. The van der Waals surface area contributed by atoms with Crippen LogP contribution in [0.4, 0.5) is 10.5 Å². The number of para-hydroxylation sites is 1. The maximum Gasteiger partial charge on any atom is 0.412 e. The van der Waals surface area contributed by atoms with Crippen molar-refractivity contribution in [2.45, 2.75) is 33.3 Å². The summed E-state index contributed by atoms with van der Waals surface area (Å²) >= 11 is 0. The lowest BCUT2D eigenvalue weighted by Gasteiger charge is -2.20. The number of esters is 1. The van der Waals surface area contributed by atoms with Gasteiger partial charge in [-0.05, 0) is 45.9 Å². The summed E-state index contributed by atoms with van der Waals surface area (Å²) in [6.45, 7) is 11.1. The highest BCUT2D eigenvalue weighted by Gasteiger charge is 2.19. The van der Waals surface area contributed by atoms with Gasteiger partial charge in [0, 0.05) is 18.7 Å². The van der Waals surface area contributed by atoms with Gasteiger partial charge in [-0.2, -0.15) is 0 Å². The first-order valence-corrected chi connectivity index (χ1v) is 9.86. The summed E-state index contributed by atoms with van der Waals surface area (Å²) in [5.74, 6) is 0.198. The lowest BCUT2D eigenvalue weighted by atomic mass is 10.2. The molecule has 0 fully saturated rings. The highest BCUT2D eigenvalue weighted by molar-refractivity contribution is 5.85. The first kappa shape index (κ1) is 24.7. The zero-order chi connectivity index (χ0) is 23.7. The molecule has 1 aromatic heterocycles. The predicted octanol–water partition coefficient (Wildman–Crippen LogP) is 4.65. The van der Waals surface area contributed by atoms with Crippen LogP contribution in [0.1, 0.15) is 26.3 Å². The van der Waals surface area contributed by atoms with Crippen molar-refractivity contribution >= 4 is 17.7 Å². The maximum atomic E-state index is 12.0. The van der Waals surface area contributed by atoms with Gasteiger partial charge in [0.05, 0.1) is 18.5 Å². The zero-order valence-electron chi connectivity index (χ0n) is 18.9. The summed E-state index contributed by atoms with van der Waals surface area (Å²) in [5, 5.41) is 2.62. The molecule has 1 N–H and O–H groups in total. The van der Waals surface area contributed by atoms with Gasteiger partial charge < -0.3 is 23.7 Å². The van der Waals surface area contributed by atoms with Crippen LogP contribution in [0.25, 0.3) is 0 Å². The minimum absolute atomic E-state index is 0.0886. The second-order valence-electron chi connectivity index (χ2n) is 7.62. The van der Waals surface area contributed by atoms with Crippen LogP contribution in [-0.2, 0) is 14.3 Å². The standard InChI is InChI=1S/C23H28N2O7/c1-7-19(26)31-20-17(29-12-11-28-6)9-8-10-18(20)30-21-15(2)13-16(14-24-21)25-22(27)32-23(3,4)5/h7-10,13-14H,1,11-12H2,2-6H3,(H,25,27). The number of pyridine rings is 1. The quantitative estimate of drug-likeness (QED) is 0.258. The van der Waals surface area contributed by atoms with Crippen molar-refractivity contribution in [3.05, 3.63) is 48.7 Å². The van der Waals surface area contributed by atoms with Crippen molar-refractivity contribution in [1.82, 2.24) is 4.98 Å². The molecule has 0 saturated carbocycles. The fraction of sp³-hybridized carbons (Fsp3) is 0.348. The molecule has 2 rings (SSSR count). The lowest BCUT2D eigenvalue weighted by molar-refractivity contribution is -0.129. The third kappa shape index (κ3) is 7.59. The number of hydrogen-bond donors (Lipinski definition) is 1. The van der Waals surface area contributed by atoms with Gasteiger partial charge in [0.2, 0.25) is 11.6 Å². The number of amides is 1. The van der Waals surface area contributed by atoms with Crippen molar-refractivity contribution < 1.29 is 33.3 Å². The van der Waals surface area contributed by atoms with Gasteiger partial charge in [0.15, 0.2) is 11.5 Å². The van der Waals surface area contributed by atoms with E-state index in [-0.39, 0.29) is 24.0 Å². The third-order valence-electron chi connectivity index (χ3n) is 3.74. The summed E-state index contributed by atoms with van der Waals surface area (Å²) in [5.41, 5.74) is 0.454. The average molecular weight is 444 g/mol. The highest BCUT2D eigenvalue weighted by Crippen LogP contribution is 2.40. The molecule has 9 nitrogen and oxygen atoms in total. The Labute approximate surface area is 187 Å². The fourth-order valence-corrected chi connectivity index (χ4v) is 2.43. The van der Waals surface area contributed by atoms with E-state index in [1.165, 1.54) is 6.20 Å². The smallest absolute Gasteiger partial charge is 0.412 e. The molecule has 0 aliphatic heterocycles. The summed E-state index contributed by atoms with van der Waals surface area (Å²) in [6, 6.07) is 6.63. The fourth-order valence-electron chi connectivity index (χ4n) is 2.43. The van der Waals surface area contributed by atoms with E-state index < -0.39 is 17.7 Å². The molecule has 0 aliphatic carbocycles. The molecule has 2 aromatic rings. The van der Waals surface area contributed by atoms with E-state index in [1.807, 2.05) is 0 Å². The summed E-state index contributed by atoms with van der Waals surface area (Å²) < 4.78 is 27.1. The summed E-state index contributed by atoms with van der Waals surface area (Å²) in [6.07, 6.45) is 1.88. The van der Waals surface area contributed by atoms with Crippen LogP contribution in [0.15, 0.2) is 43.1 Å². The molecule has 1 aromatic carbocycles. The van der Waals surface area contributed by atoms with Crippen molar-refractivity contribution in [2.24, 2.45) is 0 Å². The monoisotopic (exact) mass is 444 g/mol. The van der Waals surface area contributed by atoms with Crippen molar-refractivity contribution in [3.63, 3.8) is 0 Å². The molecule has 0 saturated heterocycles. The van der Waals surface area contributed by atoms with Gasteiger partial charge in [-0.1, -0.05) is 12.6 Å². The number of aryl methyl sites for hydroxylation is 1. The number of benzene rings is 1. The molecular formula is C23H28N2O7. The van der Waals surface area contributed by atoms with E-state index in [0.717, 1.165) is 6.08 Å². The maximum absolute atomic E-state index is 12.0. The Hall–Kier alpha value is -3.59. The number of nitrogens with zero attached hydrogens (tertiary/aromatic N) is 1. The molecule has 0 unspecified atom stereocenters. The van der Waals surface area contributed by atoms with Crippen LogP contribution in [0.3, 0.4) is 0 Å². The zero-order valence-corrected chi connectivity index (χ0v) is 18.9. The normalized spacial score (nSPS) is 10.8. The number of anilines is 1. The van der Waals surface area contributed by atoms with Gasteiger partial charge in [-0.25, -0.2) is 14.6 Å². The Balaban J connectivity index is 2.25. The number of nitrogens with one attached hydrogen (secondary N) is 1. The Morgan fingerprint density at radius 1 is 1.19 bits per heavy atom. The lowest BCUT2D eigenvalue weighted by Crippen LogP contribution is -2.27. The van der Waals surface area contributed by atoms with Crippen LogP contribution in [0.5, 0.6) is 23.1 Å². The second kappa shape index (κ2) is 11.1. The van der Waals surface area contributed by atoms with E-state index in [1.54, 1.807) is 59.1 Å². The first-order valence-electron chi connectivity index (χ1n) is 9.86. The molecule has 32 heavy (non-hydrogen) atoms. The number of rotatable bonds is 9. The van der Waals surface area contributed by atoms with Crippen molar-refractivity contribution in [1.29, 1.82) is 0 Å². The molecule has 1 amide bonds. The topological polar surface area (TPSA) is 105 Å². The van der Waals surface area contributed by atoms with Crippen LogP contribution in [-0.4, -0.2) is 43.0 Å². The van der Waals surface area contributed by atoms with Gasteiger partial charge in [-0.3, -0.25) is 5.32 Å². The van der Waals surface area contributed by atoms with Gasteiger partial charge in [-0.15, -0.1) is 0 Å². The first-order chi connectivity index (χ1) is 15.1. The number of aromatic nitrogens is 1. The second-order valence-corrected chi connectivity index (χ2v) is 7.62. The number of methoxy groups -OCH3 is 1. The van der Waals surface area contributed by atoms with E-state index in [0.29, 0.717) is 23.6 Å². The van der Waals surface area contributed by atoms with Gasteiger partial charge >= 0.3 is 12.1 Å². The minimum atomic E-state index is -0.667. The molecule has 0 aliphatic rings. The van der Waals surface area contributed by atoms with Crippen LogP contribution in [0.2, 0.25) is 0 Å². The highest BCUT2D eigenvalue weighted by atomic mass is 16.6. The third-order valence-corrected chi connectivity index (χ3v) is 3.74. The predicted molar refractivity (Wildman–Crippen MR) is 119 cm³/mol. The van der Waals surface area contributed by atoms with Crippen molar-refractivity contribution in [2.75, 3.05) is 25.6 Å². The summed E-state index contributed by atoms with van der Waals surface area (Å²) in [7, 11) is 1.55. The van der Waals surface area contributed by atoms with Gasteiger partial charge in [0.25, 0.3) is 0 Å². The molecule has 0 radical (unpaired) electrons. The van der Waals surface area contributed by atoms with E-state index in [9.17, 15) is 9.59 Å². The molecule has 0 bridgehead atoms. The number of hydrogen-bond acceptors (Lipinski definition) is 8. The van der Waals surface area contributed by atoms with E-state index >= 15 is 0 Å². The molecular weight excluding hydrogens is 416 g/mol. The molecule has 0 atom stereocenters. The van der Waals surface area contributed by atoms with Gasteiger partial charge in [0.1, 0.15) is 12.2 Å².